The highest BCUT2D eigenvalue weighted by molar-refractivity contribution is 5.69. The van der Waals surface area contributed by atoms with Gasteiger partial charge in [-0.3, -0.25) is 0 Å². The summed E-state index contributed by atoms with van der Waals surface area (Å²) in [6.45, 7) is 6.86. The summed E-state index contributed by atoms with van der Waals surface area (Å²) >= 11 is 0. The molecule has 1 aliphatic heterocycles. The van der Waals surface area contributed by atoms with Crippen molar-refractivity contribution >= 4 is 12.2 Å². The quantitative estimate of drug-likeness (QED) is 0.904. The number of amides is 2. The molecule has 1 aromatic carbocycles. The third kappa shape index (κ3) is 7.03. The predicted octanol–water partition coefficient (Wildman–Crippen LogP) is 3.70. The summed E-state index contributed by atoms with van der Waals surface area (Å²) in [5.41, 5.74) is 0.412. The molecule has 0 unspecified atom stereocenters. The topological polar surface area (TPSA) is 67.9 Å². The first kappa shape index (κ1) is 19.1. The van der Waals surface area contributed by atoms with Crippen LogP contribution in [0.25, 0.3) is 0 Å². The van der Waals surface area contributed by atoms with Crippen molar-refractivity contribution < 1.29 is 19.1 Å². The Labute approximate surface area is 149 Å². The Morgan fingerprint density at radius 1 is 1.20 bits per heavy atom. The first-order chi connectivity index (χ1) is 11.8. The van der Waals surface area contributed by atoms with Gasteiger partial charge in [-0.1, -0.05) is 30.3 Å². The standard InChI is InChI=1S/C19H28N2O4/c1-19(2,3)25-18(23)21-12-8-7-11-16(13-21)20-17(22)24-14-15-9-5-4-6-10-15/h4-6,9-10,16H,7-8,11-14H2,1-3H3,(H,20,22)/t16-/m0/s1. The number of benzene rings is 1. The number of alkyl carbamates (subject to hydrolysis) is 1. The highest BCUT2D eigenvalue weighted by Crippen LogP contribution is 2.15. The second-order valence-electron chi connectivity index (χ2n) is 7.33. The number of hydrogen-bond donors (Lipinski definition) is 1. The number of carbonyl (C=O) groups excluding carboxylic acids is 2. The third-order valence-electron chi connectivity index (χ3n) is 3.86. The van der Waals surface area contributed by atoms with Crippen LogP contribution in [0.4, 0.5) is 9.59 Å². The van der Waals surface area contributed by atoms with E-state index in [1.807, 2.05) is 51.1 Å². The SMILES string of the molecule is CC(C)(C)OC(=O)N1CCCC[C@H](NC(=O)OCc2ccccc2)C1. The number of hydrogen-bond acceptors (Lipinski definition) is 4. The lowest BCUT2D eigenvalue weighted by molar-refractivity contribution is 0.0241. The Kier molecular flexibility index (Phi) is 6.67. The maximum Gasteiger partial charge on any atom is 0.410 e. The number of rotatable bonds is 3. The molecule has 0 radical (unpaired) electrons. The molecule has 25 heavy (non-hydrogen) atoms. The van der Waals surface area contributed by atoms with Gasteiger partial charge in [0.15, 0.2) is 0 Å². The highest BCUT2D eigenvalue weighted by atomic mass is 16.6. The molecule has 2 rings (SSSR count). The Morgan fingerprint density at radius 2 is 1.92 bits per heavy atom. The molecule has 0 bridgehead atoms. The molecule has 1 aliphatic rings. The van der Waals surface area contributed by atoms with E-state index in [9.17, 15) is 9.59 Å². The van der Waals surface area contributed by atoms with Crippen molar-refractivity contribution in [3.05, 3.63) is 35.9 Å². The normalized spacial score (nSPS) is 18.2. The number of ether oxygens (including phenoxy) is 2. The van der Waals surface area contributed by atoms with Gasteiger partial charge in [-0.25, -0.2) is 9.59 Å². The van der Waals surface area contributed by atoms with E-state index in [4.69, 9.17) is 9.47 Å². The minimum absolute atomic E-state index is 0.127. The van der Waals surface area contributed by atoms with Crippen LogP contribution in [-0.4, -0.2) is 41.8 Å². The summed E-state index contributed by atoms with van der Waals surface area (Å²) in [6.07, 6.45) is 1.87. The van der Waals surface area contributed by atoms with Crippen molar-refractivity contribution in [1.29, 1.82) is 0 Å². The average molecular weight is 348 g/mol. The summed E-state index contributed by atoms with van der Waals surface area (Å²) in [7, 11) is 0. The molecule has 0 saturated carbocycles. The van der Waals surface area contributed by atoms with Gasteiger partial charge in [-0.2, -0.15) is 0 Å². The molecule has 0 aromatic heterocycles. The molecule has 1 fully saturated rings. The van der Waals surface area contributed by atoms with E-state index in [-0.39, 0.29) is 18.7 Å². The third-order valence-corrected chi connectivity index (χ3v) is 3.86. The van der Waals surface area contributed by atoms with Gasteiger partial charge in [0.05, 0.1) is 0 Å². The zero-order chi connectivity index (χ0) is 18.3. The maximum absolute atomic E-state index is 12.3. The smallest absolute Gasteiger partial charge is 0.410 e. The van der Waals surface area contributed by atoms with Crippen molar-refractivity contribution in [2.24, 2.45) is 0 Å². The molecule has 1 heterocycles. The van der Waals surface area contributed by atoms with Crippen molar-refractivity contribution in [1.82, 2.24) is 10.2 Å². The van der Waals surface area contributed by atoms with E-state index in [2.05, 4.69) is 5.32 Å². The molecule has 0 aliphatic carbocycles. The zero-order valence-corrected chi connectivity index (χ0v) is 15.3. The fraction of sp³-hybridized carbons (Fsp3) is 0.579. The van der Waals surface area contributed by atoms with E-state index in [1.54, 1.807) is 4.90 Å². The first-order valence-corrected chi connectivity index (χ1v) is 8.78. The predicted molar refractivity (Wildman–Crippen MR) is 95.2 cm³/mol. The van der Waals surface area contributed by atoms with E-state index in [0.29, 0.717) is 13.1 Å². The van der Waals surface area contributed by atoms with Crippen LogP contribution in [0.1, 0.15) is 45.6 Å². The van der Waals surface area contributed by atoms with Gasteiger partial charge in [0.2, 0.25) is 0 Å². The summed E-state index contributed by atoms with van der Waals surface area (Å²) < 4.78 is 10.7. The van der Waals surface area contributed by atoms with Crippen LogP contribution in [-0.2, 0) is 16.1 Å². The Morgan fingerprint density at radius 3 is 2.60 bits per heavy atom. The van der Waals surface area contributed by atoms with Gasteiger partial charge in [0, 0.05) is 19.1 Å². The largest absolute Gasteiger partial charge is 0.445 e. The number of likely N-dealkylation sites (tertiary alicyclic amines) is 1. The van der Waals surface area contributed by atoms with Crippen molar-refractivity contribution in [2.75, 3.05) is 13.1 Å². The monoisotopic (exact) mass is 348 g/mol. The average Bonchev–Trinajstić information content (AvgIpc) is 2.78. The fourth-order valence-corrected chi connectivity index (χ4v) is 2.68. The summed E-state index contributed by atoms with van der Waals surface area (Å²) in [5, 5.41) is 2.87. The lowest BCUT2D eigenvalue weighted by atomic mass is 10.1. The van der Waals surface area contributed by atoms with E-state index < -0.39 is 11.7 Å². The van der Waals surface area contributed by atoms with Gasteiger partial charge >= 0.3 is 12.2 Å². The molecule has 138 valence electrons. The van der Waals surface area contributed by atoms with Crippen molar-refractivity contribution in [2.45, 2.75) is 58.3 Å². The number of nitrogens with one attached hydrogen (secondary N) is 1. The molecular weight excluding hydrogens is 320 g/mol. The summed E-state index contributed by atoms with van der Waals surface area (Å²) in [6, 6.07) is 9.41. The van der Waals surface area contributed by atoms with Crippen LogP contribution in [0.3, 0.4) is 0 Å². The Balaban J connectivity index is 1.83. The first-order valence-electron chi connectivity index (χ1n) is 8.78. The molecule has 0 spiro atoms. The number of nitrogens with zero attached hydrogens (tertiary/aromatic N) is 1. The van der Waals surface area contributed by atoms with Crippen LogP contribution in [0, 0.1) is 0 Å². The molecular formula is C19H28N2O4. The van der Waals surface area contributed by atoms with Crippen LogP contribution < -0.4 is 5.32 Å². The van der Waals surface area contributed by atoms with Gasteiger partial charge in [-0.05, 0) is 45.6 Å². The Bertz CT molecular complexity index is 569. The van der Waals surface area contributed by atoms with Crippen molar-refractivity contribution in [3.8, 4) is 0 Å². The molecule has 6 heteroatoms. The molecule has 1 N–H and O–H groups in total. The van der Waals surface area contributed by atoms with Crippen LogP contribution in [0.5, 0.6) is 0 Å². The highest BCUT2D eigenvalue weighted by Gasteiger charge is 2.27. The fourth-order valence-electron chi connectivity index (χ4n) is 2.68. The molecule has 2 amide bonds. The second-order valence-corrected chi connectivity index (χ2v) is 7.33. The molecule has 1 aromatic rings. The number of carbonyl (C=O) groups is 2. The summed E-state index contributed by atoms with van der Waals surface area (Å²) in [4.78, 5) is 26.0. The van der Waals surface area contributed by atoms with Crippen molar-refractivity contribution in [3.63, 3.8) is 0 Å². The molecule has 1 atom stereocenters. The van der Waals surface area contributed by atoms with Gasteiger partial charge in [0.25, 0.3) is 0 Å². The van der Waals surface area contributed by atoms with Crippen LogP contribution in [0.15, 0.2) is 30.3 Å². The van der Waals surface area contributed by atoms with Crippen LogP contribution >= 0.6 is 0 Å². The van der Waals surface area contributed by atoms with Gasteiger partial charge < -0.3 is 19.7 Å². The minimum Gasteiger partial charge on any atom is -0.445 e. The minimum atomic E-state index is -0.527. The zero-order valence-electron chi connectivity index (χ0n) is 15.3. The van der Waals surface area contributed by atoms with E-state index in [0.717, 1.165) is 24.8 Å². The van der Waals surface area contributed by atoms with Gasteiger partial charge in [0.1, 0.15) is 12.2 Å². The summed E-state index contributed by atoms with van der Waals surface area (Å²) in [5.74, 6) is 0. The lowest BCUT2D eigenvalue weighted by Gasteiger charge is -2.28. The molecule has 6 nitrogen and oxygen atoms in total. The van der Waals surface area contributed by atoms with Gasteiger partial charge in [-0.15, -0.1) is 0 Å². The van der Waals surface area contributed by atoms with E-state index in [1.165, 1.54) is 0 Å². The van der Waals surface area contributed by atoms with E-state index >= 15 is 0 Å². The Hall–Kier alpha value is -2.24. The molecule has 1 saturated heterocycles. The second kappa shape index (κ2) is 8.74. The lowest BCUT2D eigenvalue weighted by Crippen LogP contribution is -2.46. The van der Waals surface area contributed by atoms with Crippen LogP contribution in [0.2, 0.25) is 0 Å². The maximum atomic E-state index is 12.3.